The molecule has 0 aliphatic heterocycles. The normalized spacial score (nSPS) is 11.6. The van der Waals surface area contributed by atoms with Gasteiger partial charge in [0, 0.05) is 25.0 Å². The van der Waals surface area contributed by atoms with Crippen molar-refractivity contribution in [2.24, 2.45) is 0 Å². The summed E-state index contributed by atoms with van der Waals surface area (Å²) in [5.74, 6) is 0.517. The van der Waals surface area contributed by atoms with Gasteiger partial charge in [0.15, 0.2) is 0 Å². The first-order valence-electron chi connectivity index (χ1n) is 9.89. The molecule has 2 amide bonds. The molecule has 5 nitrogen and oxygen atoms in total. The molecule has 0 aliphatic carbocycles. The van der Waals surface area contributed by atoms with Crippen molar-refractivity contribution in [1.82, 2.24) is 10.2 Å². The lowest BCUT2D eigenvalue weighted by Gasteiger charge is -2.30. The van der Waals surface area contributed by atoms with Crippen molar-refractivity contribution < 1.29 is 14.3 Å². The number of amides is 2. The third-order valence-electron chi connectivity index (χ3n) is 4.69. The minimum absolute atomic E-state index is 0.0540. The Balaban J connectivity index is 2.00. The highest BCUT2D eigenvalue weighted by atomic mass is 35.5. The van der Waals surface area contributed by atoms with Crippen molar-refractivity contribution in [2.75, 3.05) is 13.7 Å². The van der Waals surface area contributed by atoms with E-state index >= 15 is 0 Å². The second-order valence-electron chi connectivity index (χ2n) is 6.95. The van der Waals surface area contributed by atoms with Gasteiger partial charge >= 0.3 is 0 Å². The predicted octanol–water partition coefficient (Wildman–Crippen LogP) is 4.36. The minimum atomic E-state index is -0.495. The van der Waals surface area contributed by atoms with E-state index in [1.165, 1.54) is 0 Å². The van der Waals surface area contributed by atoms with E-state index in [0.717, 1.165) is 16.9 Å². The van der Waals surface area contributed by atoms with E-state index in [9.17, 15) is 9.59 Å². The van der Waals surface area contributed by atoms with Crippen molar-refractivity contribution in [2.45, 2.75) is 45.7 Å². The highest BCUT2D eigenvalue weighted by Gasteiger charge is 2.27. The van der Waals surface area contributed by atoms with E-state index in [2.05, 4.69) is 5.32 Å². The summed E-state index contributed by atoms with van der Waals surface area (Å²) in [5, 5.41) is 3.33. The molecule has 0 saturated heterocycles. The number of rotatable bonds is 10. The quantitative estimate of drug-likeness (QED) is 0.585. The predicted molar refractivity (Wildman–Crippen MR) is 116 cm³/mol. The first kappa shape index (κ1) is 22.8. The molecule has 0 saturated carbocycles. The molecule has 0 unspecified atom stereocenters. The fourth-order valence-corrected chi connectivity index (χ4v) is 3.31. The number of hydrogen-bond acceptors (Lipinski definition) is 3. The van der Waals surface area contributed by atoms with E-state index < -0.39 is 6.04 Å². The summed E-state index contributed by atoms with van der Waals surface area (Å²) < 4.78 is 5.67. The molecule has 0 aromatic heterocycles. The number of ether oxygens (including phenoxy) is 1. The molecule has 1 atom stereocenters. The summed E-state index contributed by atoms with van der Waals surface area (Å²) in [7, 11) is 1.60. The van der Waals surface area contributed by atoms with Crippen LogP contribution in [-0.4, -0.2) is 36.4 Å². The summed E-state index contributed by atoms with van der Waals surface area (Å²) in [4.78, 5) is 27.0. The van der Waals surface area contributed by atoms with E-state index in [4.69, 9.17) is 16.3 Å². The molecule has 2 aromatic carbocycles. The fraction of sp³-hybridized carbons (Fsp3) is 0.391. The van der Waals surface area contributed by atoms with Crippen LogP contribution in [0.25, 0.3) is 0 Å². The number of halogens is 1. The molecule has 0 fully saturated rings. The second-order valence-corrected chi connectivity index (χ2v) is 7.39. The number of nitrogens with zero attached hydrogens (tertiary/aromatic N) is 1. The Morgan fingerprint density at radius 2 is 1.90 bits per heavy atom. The van der Waals surface area contributed by atoms with Crippen molar-refractivity contribution >= 4 is 23.4 Å². The van der Waals surface area contributed by atoms with Crippen LogP contribution >= 0.6 is 11.6 Å². The smallest absolute Gasteiger partial charge is 0.242 e. The highest BCUT2D eigenvalue weighted by Crippen LogP contribution is 2.17. The van der Waals surface area contributed by atoms with Crippen LogP contribution in [0.3, 0.4) is 0 Å². The van der Waals surface area contributed by atoms with Gasteiger partial charge < -0.3 is 15.0 Å². The van der Waals surface area contributed by atoms with Crippen molar-refractivity contribution in [3.63, 3.8) is 0 Å². The van der Waals surface area contributed by atoms with E-state index in [1.54, 1.807) is 36.2 Å². The van der Waals surface area contributed by atoms with Crippen LogP contribution in [-0.2, 0) is 16.1 Å². The van der Waals surface area contributed by atoms with Crippen molar-refractivity contribution in [3.8, 4) is 5.75 Å². The summed E-state index contributed by atoms with van der Waals surface area (Å²) in [5.41, 5.74) is 2.14. The molecule has 0 radical (unpaired) electrons. The third-order valence-corrected chi connectivity index (χ3v) is 4.94. The second kappa shape index (κ2) is 11.5. The number of hydrogen-bond donors (Lipinski definition) is 1. The number of carbonyl (C=O) groups excluding carboxylic acids is 2. The molecule has 1 N–H and O–H groups in total. The zero-order chi connectivity index (χ0) is 21.2. The van der Waals surface area contributed by atoms with Crippen LogP contribution in [0.2, 0.25) is 5.02 Å². The lowest BCUT2D eigenvalue weighted by Crippen LogP contribution is -2.48. The molecule has 0 aliphatic rings. The van der Waals surface area contributed by atoms with Gasteiger partial charge in [-0.15, -0.1) is 0 Å². The van der Waals surface area contributed by atoms with Gasteiger partial charge in [0.05, 0.1) is 6.61 Å². The third kappa shape index (κ3) is 7.09. The van der Waals surface area contributed by atoms with Gasteiger partial charge in [0.2, 0.25) is 11.8 Å². The van der Waals surface area contributed by atoms with Crippen LogP contribution in [0.15, 0.2) is 48.5 Å². The summed E-state index contributed by atoms with van der Waals surface area (Å²) in [6, 6.07) is 14.6. The van der Waals surface area contributed by atoms with Crippen LogP contribution in [0.1, 0.15) is 37.3 Å². The number of aryl methyl sites for hydroxylation is 1. The lowest BCUT2D eigenvalue weighted by atomic mass is 10.1. The Morgan fingerprint density at radius 3 is 2.52 bits per heavy atom. The molecule has 0 bridgehead atoms. The number of nitrogens with one attached hydrogen (secondary N) is 1. The summed E-state index contributed by atoms with van der Waals surface area (Å²) in [6.45, 7) is 4.76. The van der Waals surface area contributed by atoms with Gasteiger partial charge in [0.25, 0.3) is 0 Å². The monoisotopic (exact) mass is 416 g/mol. The number of benzene rings is 2. The molecular formula is C23H29ClN2O3. The van der Waals surface area contributed by atoms with Crippen molar-refractivity contribution in [1.29, 1.82) is 0 Å². The maximum absolute atomic E-state index is 13.0. The topological polar surface area (TPSA) is 58.6 Å². The molecule has 2 aromatic rings. The first-order chi connectivity index (χ1) is 13.9. The van der Waals surface area contributed by atoms with Crippen LogP contribution in [0.4, 0.5) is 0 Å². The Morgan fingerprint density at radius 1 is 1.17 bits per heavy atom. The fourth-order valence-electron chi connectivity index (χ4n) is 3.18. The minimum Gasteiger partial charge on any atom is -0.494 e. The molecule has 2 rings (SSSR count). The molecule has 0 heterocycles. The summed E-state index contributed by atoms with van der Waals surface area (Å²) in [6.07, 6.45) is 1.43. The van der Waals surface area contributed by atoms with Gasteiger partial charge in [0.1, 0.15) is 11.8 Å². The van der Waals surface area contributed by atoms with Crippen LogP contribution in [0, 0.1) is 6.92 Å². The zero-order valence-corrected chi connectivity index (χ0v) is 18.0. The molecule has 29 heavy (non-hydrogen) atoms. The van der Waals surface area contributed by atoms with Gasteiger partial charge in [-0.1, -0.05) is 48.4 Å². The van der Waals surface area contributed by atoms with E-state index in [0.29, 0.717) is 37.4 Å². The van der Waals surface area contributed by atoms with Crippen LogP contribution in [0.5, 0.6) is 5.75 Å². The largest absolute Gasteiger partial charge is 0.494 e. The standard InChI is InChI=1S/C23H29ClN2O3/c1-4-21(23(28)25-3)26(16-18-8-5-7-17(2)15-18)22(27)9-6-14-29-20-12-10-19(24)11-13-20/h5,7-8,10-13,15,21H,4,6,9,14,16H2,1-3H3,(H,25,28)/t21-/m0/s1. The average Bonchev–Trinajstić information content (AvgIpc) is 2.72. The van der Waals surface area contributed by atoms with Gasteiger partial charge in [-0.3, -0.25) is 9.59 Å². The molecule has 6 heteroatoms. The SMILES string of the molecule is CC[C@@H](C(=O)NC)N(Cc1cccc(C)c1)C(=O)CCCOc1ccc(Cl)cc1. The maximum Gasteiger partial charge on any atom is 0.242 e. The Labute approximate surface area is 178 Å². The van der Waals surface area contributed by atoms with Gasteiger partial charge in [-0.25, -0.2) is 0 Å². The lowest BCUT2D eigenvalue weighted by molar-refractivity contribution is -0.141. The van der Waals surface area contributed by atoms with Crippen LogP contribution < -0.4 is 10.1 Å². The Bertz CT molecular complexity index is 808. The highest BCUT2D eigenvalue weighted by molar-refractivity contribution is 6.30. The Hall–Kier alpha value is -2.53. The van der Waals surface area contributed by atoms with Crippen molar-refractivity contribution in [3.05, 3.63) is 64.7 Å². The zero-order valence-electron chi connectivity index (χ0n) is 17.3. The van der Waals surface area contributed by atoms with Gasteiger partial charge in [-0.2, -0.15) is 0 Å². The van der Waals surface area contributed by atoms with E-state index in [-0.39, 0.29) is 11.8 Å². The van der Waals surface area contributed by atoms with Gasteiger partial charge in [-0.05, 0) is 49.6 Å². The van der Waals surface area contributed by atoms with E-state index in [1.807, 2.05) is 38.1 Å². The molecular weight excluding hydrogens is 388 g/mol. The first-order valence-corrected chi connectivity index (χ1v) is 10.3. The summed E-state index contributed by atoms with van der Waals surface area (Å²) >= 11 is 5.87. The molecule has 156 valence electrons. The number of likely N-dealkylation sites (N-methyl/N-ethyl adjacent to an activating group) is 1. The average molecular weight is 417 g/mol. The Kier molecular flexibility index (Phi) is 9.00. The number of carbonyl (C=O) groups is 2. The molecule has 0 spiro atoms. The maximum atomic E-state index is 13.0.